The van der Waals surface area contributed by atoms with Crippen molar-refractivity contribution in [2.45, 2.75) is 19.6 Å². The molecule has 0 radical (unpaired) electrons. The van der Waals surface area contributed by atoms with Gasteiger partial charge >= 0.3 is 0 Å². The number of hydrogen-bond donors (Lipinski definition) is 2. The molecule has 27 heavy (non-hydrogen) atoms. The first kappa shape index (κ1) is 17.3. The van der Waals surface area contributed by atoms with E-state index < -0.39 is 12.4 Å². The van der Waals surface area contributed by atoms with Gasteiger partial charge in [0.15, 0.2) is 5.82 Å². The van der Waals surface area contributed by atoms with E-state index in [1.54, 1.807) is 10.9 Å². The van der Waals surface area contributed by atoms with E-state index in [2.05, 4.69) is 15.1 Å². The zero-order valence-corrected chi connectivity index (χ0v) is 14.7. The Morgan fingerprint density at radius 2 is 2.00 bits per heavy atom. The molecule has 0 spiro atoms. The third-order valence-electron chi connectivity index (χ3n) is 4.37. The van der Waals surface area contributed by atoms with Crippen molar-refractivity contribution in [3.05, 3.63) is 71.9 Å². The highest BCUT2D eigenvalue weighted by Crippen LogP contribution is 2.25. The highest BCUT2D eigenvalue weighted by Gasteiger charge is 2.12. The maximum Gasteiger partial charge on any atom is 0.154 e. The molecule has 0 aliphatic heterocycles. The average Bonchev–Trinajstić information content (AvgIpc) is 3.11. The van der Waals surface area contributed by atoms with E-state index in [0.717, 1.165) is 27.9 Å². The van der Waals surface area contributed by atoms with E-state index in [1.807, 2.05) is 43.3 Å². The first-order chi connectivity index (χ1) is 13.1. The molecule has 3 aromatic heterocycles. The minimum absolute atomic E-state index is 0.0152. The van der Waals surface area contributed by atoms with Gasteiger partial charge in [0, 0.05) is 17.0 Å². The van der Waals surface area contributed by atoms with Gasteiger partial charge in [-0.3, -0.25) is 4.98 Å². The van der Waals surface area contributed by atoms with Gasteiger partial charge in [0.05, 0.1) is 29.7 Å². The van der Waals surface area contributed by atoms with Crippen LogP contribution in [0.3, 0.4) is 0 Å². The van der Waals surface area contributed by atoms with Crippen molar-refractivity contribution < 1.29 is 9.50 Å². The van der Waals surface area contributed by atoms with E-state index in [1.165, 1.54) is 12.1 Å². The molecule has 0 saturated carbocycles. The molecule has 0 unspecified atom stereocenters. The van der Waals surface area contributed by atoms with Gasteiger partial charge in [-0.15, -0.1) is 0 Å². The van der Waals surface area contributed by atoms with Crippen LogP contribution in [-0.2, 0) is 6.61 Å². The molecule has 0 saturated heterocycles. The fraction of sp³-hybridized carbons (Fsp3) is 0.150. The normalized spacial score (nSPS) is 12.4. The molecular formula is C20H18FN5O. The molecule has 1 atom stereocenters. The second-order valence-electron chi connectivity index (χ2n) is 6.32. The van der Waals surface area contributed by atoms with E-state index in [9.17, 15) is 9.50 Å². The summed E-state index contributed by atoms with van der Waals surface area (Å²) in [5.74, 6) is -0.111. The van der Waals surface area contributed by atoms with Crippen LogP contribution in [0.4, 0.5) is 4.39 Å². The van der Waals surface area contributed by atoms with E-state index in [0.29, 0.717) is 5.82 Å². The summed E-state index contributed by atoms with van der Waals surface area (Å²) >= 11 is 0. The molecule has 6 nitrogen and oxygen atoms in total. The Bertz CT molecular complexity index is 1120. The minimum atomic E-state index is -0.546. The van der Waals surface area contributed by atoms with Crippen molar-refractivity contribution >= 4 is 10.9 Å². The first-order valence-electron chi connectivity index (χ1n) is 8.54. The Balaban J connectivity index is 1.83. The number of nitrogens with two attached hydrogens (primary N) is 1. The number of halogens is 1. The highest BCUT2D eigenvalue weighted by molar-refractivity contribution is 5.84. The standard InChI is InChI=1S/C20H18FN5O/c1-12(22)16-3-2-4-17(24-16)13-5-6-14-10-23-26(19(14)9-13)20-8-7-15(21)18(11-27)25-20/h2-10,12,27H,11,22H2,1H3/t12-/m0/s1. The lowest BCUT2D eigenvalue weighted by Crippen LogP contribution is -2.07. The number of benzene rings is 1. The maximum atomic E-state index is 13.6. The Labute approximate surface area is 155 Å². The maximum absolute atomic E-state index is 13.6. The summed E-state index contributed by atoms with van der Waals surface area (Å²) in [6.07, 6.45) is 1.72. The molecule has 3 N–H and O–H groups in total. The summed E-state index contributed by atoms with van der Waals surface area (Å²) in [5, 5.41) is 14.5. The van der Waals surface area contributed by atoms with Gasteiger partial charge in [0.2, 0.25) is 0 Å². The molecule has 136 valence electrons. The second kappa shape index (κ2) is 6.86. The summed E-state index contributed by atoms with van der Waals surface area (Å²) in [4.78, 5) is 8.79. The van der Waals surface area contributed by atoms with Crippen LogP contribution in [0.5, 0.6) is 0 Å². The summed E-state index contributed by atoms with van der Waals surface area (Å²) in [6, 6.07) is 14.3. The van der Waals surface area contributed by atoms with Crippen LogP contribution in [0.2, 0.25) is 0 Å². The molecule has 0 amide bonds. The van der Waals surface area contributed by atoms with E-state index >= 15 is 0 Å². The van der Waals surface area contributed by atoms with Crippen molar-refractivity contribution in [1.29, 1.82) is 0 Å². The molecule has 0 aliphatic carbocycles. The van der Waals surface area contributed by atoms with Crippen molar-refractivity contribution in [1.82, 2.24) is 19.7 Å². The molecule has 0 aliphatic rings. The van der Waals surface area contributed by atoms with Crippen LogP contribution in [0.15, 0.2) is 54.7 Å². The predicted molar refractivity (Wildman–Crippen MR) is 101 cm³/mol. The monoisotopic (exact) mass is 363 g/mol. The number of aromatic nitrogens is 4. The average molecular weight is 363 g/mol. The zero-order chi connectivity index (χ0) is 19.0. The third-order valence-corrected chi connectivity index (χ3v) is 4.37. The summed E-state index contributed by atoms with van der Waals surface area (Å²) < 4.78 is 15.3. The first-order valence-corrected chi connectivity index (χ1v) is 8.54. The number of fused-ring (bicyclic) bond motifs is 1. The van der Waals surface area contributed by atoms with Crippen LogP contribution in [0.25, 0.3) is 28.0 Å². The van der Waals surface area contributed by atoms with Gasteiger partial charge in [0.25, 0.3) is 0 Å². The SMILES string of the molecule is C[C@H](N)c1cccc(-c2ccc3cnn(-c4ccc(F)c(CO)n4)c3c2)n1. The fourth-order valence-corrected chi connectivity index (χ4v) is 2.93. The van der Waals surface area contributed by atoms with Gasteiger partial charge in [0.1, 0.15) is 11.5 Å². The van der Waals surface area contributed by atoms with Crippen molar-refractivity contribution in [2.24, 2.45) is 5.73 Å². The Hall–Kier alpha value is -3.16. The van der Waals surface area contributed by atoms with E-state index in [4.69, 9.17) is 5.73 Å². The second-order valence-corrected chi connectivity index (χ2v) is 6.32. The topological polar surface area (TPSA) is 89.8 Å². The molecule has 7 heteroatoms. The molecule has 0 fully saturated rings. The summed E-state index contributed by atoms with van der Waals surface area (Å²) in [7, 11) is 0. The Kier molecular flexibility index (Phi) is 4.39. The van der Waals surface area contributed by atoms with Crippen molar-refractivity contribution in [3.63, 3.8) is 0 Å². The fourth-order valence-electron chi connectivity index (χ4n) is 2.93. The van der Waals surface area contributed by atoms with Crippen LogP contribution < -0.4 is 5.73 Å². The van der Waals surface area contributed by atoms with Crippen LogP contribution in [0.1, 0.15) is 24.4 Å². The third kappa shape index (κ3) is 3.18. The predicted octanol–water partition coefficient (Wildman–Crippen LogP) is 3.13. The van der Waals surface area contributed by atoms with Crippen LogP contribution in [0, 0.1) is 5.82 Å². The summed E-state index contributed by atoms with van der Waals surface area (Å²) in [6.45, 7) is 1.42. The lowest BCUT2D eigenvalue weighted by atomic mass is 10.1. The number of hydrogen-bond acceptors (Lipinski definition) is 5. The minimum Gasteiger partial charge on any atom is -0.390 e. The van der Waals surface area contributed by atoms with Crippen LogP contribution >= 0.6 is 0 Å². The summed E-state index contributed by atoms with van der Waals surface area (Å²) in [5.41, 5.74) is 9.27. The Morgan fingerprint density at radius 1 is 1.15 bits per heavy atom. The van der Waals surface area contributed by atoms with E-state index in [-0.39, 0.29) is 11.7 Å². The van der Waals surface area contributed by atoms with Crippen molar-refractivity contribution in [3.8, 4) is 17.1 Å². The zero-order valence-electron chi connectivity index (χ0n) is 14.7. The Morgan fingerprint density at radius 3 is 2.78 bits per heavy atom. The molecule has 4 rings (SSSR count). The quantitative estimate of drug-likeness (QED) is 0.581. The van der Waals surface area contributed by atoms with Gasteiger partial charge in [-0.05, 0) is 37.3 Å². The molecular weight excluding hydrogens is 345 g/mol. The number of rotatable bonds is 4. The molecule has 4 aromatic rings. The number of aliphatic hydroxyl groups is 1. The van der Waals surface area contributed by atoms with Gasteiger partial charge < -0.3 is 10.8 Å². The molecule has 3 heterocycles. The highest BCUT2D eigenvalue weighted by atomic mass is 19.1. The lowest BCUT2D eigenvalue weighted by Gasteiger charge is -2.09. The smallest absolute Gasteiger partial charge is 0.154 e. The van der Waals surface area contributed by atoms with Crippen molar-refractivity contribution in [2.75, 3.05) is 0 Å². The largest absolute Gasteiger partial charge is 0.390 e. The molecule has 1 aromatic carbocycles. The lowest BCUT2D eigenvalue weighted by molar-refractivity contribution is 0.270. The number of nitrogens with zero attached hydrogens (tertiary/aromatic N) is 4. The van der Waals surface area contributed by atoms with Gasteiger partial charge in [-0.1, -0.05) is 18.2 Å². The number of pyridine rings is 2. The number of aliphatic hydroxyl groups excluding tert-OH is 1. The van der Waals surface area contributed by atoms with Crippen LogP contribution in [-0.4, -0.2) is 24.9 Å². The van der Waals surface area contributed by atoms with Gasteiger partial charge in [-0.2, -0.15) is 5.10 Å². The molecule has 0 bridgehead atoms. The van der Waals surface area contributed by atoms with Gasteiger partial charge in [-0.25, -0.2) is 14.1 Å².